The largest absolute Gasteiger partial charge is 0.257 e. The van der Waals surface area contributed by atoms with Crippen molar-refractivity contribution in [3.63, 3.8) is 0 Å². The van der Waals surface area contributed by atoms with E-state index in [0.717, 1.165) is 5.56 Å². The average Bonchev–Trinajstić information content (AvgIpc) is 2.39. The molecule has 1 aromatic rings. The van der Waals surface area contributed by atoms with Crippen molar-refractivity contribution >= 4 is 0 Å². The molecule has 1 heterocycles. The highest BCUT2D eigenvalue weighted by Gasteiger charge is 2.28. The zero-order valence-corrected chi connectivity index (χ0v) is 8.69. The molecule has 1 aliphatic heterocycles. The number of piperazine rings is 1. The summed E-state index contributed by atoms with van der Waals surface area (Å²) >= 11 is 0. The Morgan fingerprint density at radius 3 is 2.44 bits per heavy atom. The molecular weight excluding hydrogens is 208 g/mol. The summed E-state index contributed by atoms with van der Waals surface area (Å²) in [6, 6.07) is 9.33. The molecule has 0 N–H and O–H groups in total. The molecule has 0 radical (unpaired) electrons. The molecule has 0 aromatic heterocycles. The molecular formula is C10H12N4O2. The molecule has 6 heteroatoms. The van der Waals surface area contributed by atoms with E-state index in [2.05, 4.69) is 10.6 Å². The standard InChI is InChI=1S/C10H12N4O2/c15-11-13-6-7-14(12-16)10(8-13)9-4-2-1-3-5-9/h1-5,10H,6-8H2. The average molecular weight is 220 g/mol. The van der Waals surface area contributed by atoms with Gasteiger partial charge in [-0.1, -0.05) is 30.3 Å². The maximum Gasteiger partial charge on any atom is 0.0945 e. The van der Waals surface area contributed by atoms with Gasteiger partial charge in [0.05, 0.1) is 36.2 Å². The molecule has 16 heavy (non-hydrogen) atoms. The van der Waals surface area contributed by atoms with Crippen molar-refractivity contribution in [2.45, 2.75) is 6.04 Å². The lowest BCUT2D eigenvalue weighted by atomic mass is 10.0. The number of benzene rings is 1. The van der Waals surface area contributed by atoms with Crippen LogP contribution in [0.1, 0.15) is 11.6 Å². The summed E-state index contributed by atoms with van der Waals surface area (Å²) in [5.74, 6) is 0. The second kappa shape index (κ2) is 4.69. The lowest BCUT2D eigenvalue weighted by Gasteiger charge is -2.35. The van der Waals surface area contributed by atoms with Crippen molar-refractivity contribution in [1.29, 1.82) is 0 Å². The van der Waals surface area contributed by atoms with Gasteiger partial charge in [0, 0.05) is 0 Å². The molecule has 1 atom stereocenters. The van der Waals surface area contributed by atoms with Gasteiger partial charge in [-0.2, -0.15) is 0 Å². The van der Waals surface area contributed by atoms with E-state index in [1.165, 1.54) is 10.0 Å². The quantitative estimate of drug-likeness (QED) is 0.727. The fraction of sp³-hybridized carbons (Fsp3) is 0.400. The first-order valence-corrected chi connectivity index (χ1v) is 5.08. The van der Waals surface area contributed by atoms with Gasteiger partial charge in [0.25, 0.3) is 0 Å². The minimum absolute atomic E-state index is 0.190. The Morgan fingerprint density at radius 1 is 1.06 bits per heavy atom. The van der Waals surface area contributed by atoms with Crippen LogP contribution in [0.25, 0.3) is 0 Å². The highest BCUT2D eigenvalue weighted by atomic mass is 16.3. The van der Waals surface area contributed by atoms with Crippen LogP contribution in [0.3, 0.4) is 0 Å². The number of rotatable bonds is 3. The Balaban J connectivity index is 2.21. The predicted octanol–water partition coefficient (Wildman–Crippen LogP) is 1.71. The SMILES string of the molecule is O=NN1CCN(N=O)C(c2ccccc2)C1. The molecule has 0 saturated carbocycles. The Bertz CT molecular complexity index is 370. The molecule has 2 rings (SSSR count). The number of nitroso groups, excluding NO2 is 2. The van der Waals surface area contributed by atoms with E-state index >= 15 is 0 Å². The second-order valence-corrected chi connectivity index (χ2v) is 3.67. The summed E-state index contributed by atoms with van der Waals surface area (Å²) in [5, 5.41) is 8.76. The van der Waals surface area contributed by atoms with E-state index in [-0.39, 0.29) is 6.04 Å². The van der Waals surface area contributed by atoms with Gasteiger partial charge in [-0.05, 0) is 5.56 Å². The first kappa shape index (κ1) is 10.5. The monoisotopic (exact) mass is 220 g/mol. The minimum atomic E-state index is -0.190. The molecule has 6 nitrogen and oxygen atoms in total. The molecule has 84 valence electrons. The lowest BCUT2D eigenvalue weighted by molar-refractivity contribution is 0.0759. The molecule has 1 aromatic carbocycles. The van der Waals surface area contributed by atoms with Crippen molar-refractivity contribution in [1.82, 2.24) is 10.0 Å². The first-order valence-electron chi connectivity index (χ1n) is 5.08. The second-order valence-electron chi connectivity index (χ2n) is 3.67. The van der Waals surface area contributed by atoms with Crippen molar-refractivity contribution in [3.05, 3.63) is 45.7 Å². The Morgan fingerprint density at radius 2 is 1.81 bits per heavy atom. The van der Waals surface area contributed by atoms with Gasteiger partial charge in [-0.15, -0.1) is 9.81 Å². The van der Waals surface area contributed by atoms with Crippen molar-refractivity contribution in [2.75, 3.05) is 19.6 Å². The molecule has 1 aliphatic rings. The van der Waals surface area contributed by atoms with Crippen LogP contribution in [0, 0.1) is 9.81 Å². The third-order valence-electron chi connectivity index (χ3n) is 2.74. The smallest absolute Gasteiger partial charge is 0.0945 e. The summed E-state index contributed by atoms with van der Waals surface area (Å²) in [7, 11) is 0. The molecule has 1 saturated heterocycles. The topological polar surface area (TPSA) is 65.3 Å². The van der Waals surface area contributed by atoms with E-state index < -0.39 is 0 Å². The maximum atomic E-state index is 10.7. The highest BCUT2D eigenvalue weighted by Crippen LogP contribution is 2.25. The van der Waals surface area contributed by atoms with Crippen LogP contribution in [0.5, 0.6) is 0 Å². The third-order valence-corrected chi connectivity index (χ3v) is 2.74. The number of hydrogen-bond donors (Lipinski definition) is 0. The van der Waals surface area contributed by atoms with Gasteiger partial charge >= 0.3 is 0 Å². The minimum Gasteiger partial charge on any atom is -0.257 e. The fourth-order valence-corrected chi connectivity index (χ4v) is 1.88. The van der Waals surface area contributed by atoms with E-state index in [9.17, 15) is 9.81 Å². The van der Waals surface area contributed by atoms with Crippen LogP contribution in [0.15, 0.2) is 40.9 Å². The summed E-state index contributed by atoms with van der Waals surface area (Å²) in [4.78, 5) is 21.2. The Labute approximate surface area is 92.7 Å². The van der Waals surface area contributed by atoms with Crippen LogP contribution in [0.4, 0.5) is 0 Å². The summed E-state index contributed by atoms with van der Waals surface area (Å²) in [6.07, 6.45) is 0. The summed E-state index contributed by atoms with van der Waals surface area (Å²) in [5.41, 5.74) is 0.968. The zero-order valence-electron chi connectivity index (χ0n) is 8.69. The predicted molar refractivity (Wildman–Crippen MR) is 59.1 cm³/mol. The van der Waals surface area contributed by atoms with Gasteiger partial charge in [-0.3, -0.25) is 5.01 Å². The molecule has 0 amide bonds. The van der Waals surface area contributed by atoms with Crippen LogP contribution >= 0.6 is 0 Å². The van der Waals surface area contributed by atoms with Crippen LogP contribution in [0.2, 0.25) is 0 Å². The van der Waals surface area contributed by atoms with E-state index in [0.29, 0.717) is 19.6 Å². The van der Waals surface area contributed by atoms with Crippen molar-refractivity contribution in [2.24, 2.45) is 10.6 Å². The first-order chi connectivity index (χ1) is 7.85. The highest BCUT2D eigenvalue weighted by molar-refractivity contribution is 5.19. The third kappa shape index (κ3) is 2.00. The van der Waals surface area contributed by atoms with Gasteiger partial charge < -0.3 is 0 Å². The Kier molecular flexibility index (Phi) is 3.09. The molecule has 0 bridgehead atoms. The van der Waals surface area contributed by atoms with E-state index in [4.69, 9.17) is 0 Å². The zero-order chi connectivity index (χ0) is 11.4. The molecule has 1 fully saturated rings. The summed E-state index contributed by atoms with van der Waals surface area (Å²) in [6.45, 7) is 1.27. The lowest BCUT2D eigenvalue weighted by Crippen LogP contribution is -2.43. The van der Waals surface area contributed by atoms with Crippen molar-refractivity contribution < 1.29 is 0 Å². The van der Waals surface area contributed by atoms with Gasteiger partial charge in [0.2, 0.25) is 0 Å². The summed E-state index contributed by atoms with van der Waals surface area (Å²) < 4.78 is 0. The van der Waals surface area contributed by atoms with Crippen LogP contribution in [-0.4, -0.2) is 29.7 Å². The van der Waals surface area contributed by atoms with Crippen LogP contribution < -0.4 is 0 Å². The molecule has 0 spiro atoms. The molecule has 0 aliphatic carbocycles. The number of nitrogens with zero attached hydrogens (tertiary/aromatic N) is 4. The van der Waals surface area contributed by atoms with Gasteiger partial charge in [-0.25, -0.2) is 5.01 Å². The van der Waals surface area contributed by atoms with Crippen LogP contribution in [-0.2, 0) is 0 Å². The fourth-order valence-electron chi connectivity index (χ4n) is 1.88. The maximum absolute atomic E-state index is 10.7. The number of hydrogen-bond acceptors (Lipinski definition) is 4. The van der Waals surface area contributed by atoms with Crippen molar-refractivity contribution in [3.8, 4) is 0 Å². The van der Waals surface area contributed by atoms with E-state index in [1.807, 2.05) is 30.3 Å². The normalized spacial score (nSPS) is 20.6. The van der Waals surface area contributed by atoms with Gasteiger partial charge in [0.15, 0.2) is 0 Å². The van der Waals surface area contributed by atoms with Gasteiger partial charge in [0.1, 0.15) is 0 Å². The van der Waals surface area contributed by atoms with E-state index in [1.54, 1.807) is 0 Å². The molecule has 1 unspecified atom stereocenters. The Hall–Kier alpha value is -1.98.